The van der Waals surface area contributed by atoms with Gasteiger partial charge in [0.1, 0.15) is 11.6 Å². The van der Waals surface area contributed by atoms with Crippen LogP contribution in [0.4, 0.5) is 10.1 Å². The van der Waals surface area contributed by atoms with Crippen molar-refractivity contribution in [2.75, 3.05) is 5.32 Å². The number of hydrogen-bond donors (Lipinski definition) is 3. The van der Waals surface area contributed by atoms with E-state index >= 15 is 0 Å². The second-order valence-corrected chi connectivity index (χ2v) is 7.29. The minimum Gasteiger partial charge on any atom is -0.481 e. The molecular weight excluding hydrogens is 385 g/mol. The van der Waals surface area contributed by atoms with Crippen molar-refractivity contribution in [1.29, 1.82) is 0 Å². The predicted molar refractivity (Wildman–Crippen MR) is 102 cm³/mol. The van der Waals surface area contributed by atoms with Crippen LogP contribution in [0.15, 0.2) is 53.4 Å². The lowest BCUT2D eigenvalue weighted by Crippen LogP contribution is -2.48. The molecule has 1 heterocycles. The highest BCUT2D eigenvalue weighted by Gasteiger charge is 2.29. The molecule has 0 saturated heterocycles. The summed E-state index contributed by atoms with van der Waals surface area (Å²) >= 11 is 1.30. The van der Waals surface area contributed by atoms with Gasteiger partial charge in [0.2, 0.25) is 11.8 Å². The van der Waals surface area contributed by atoms with E-state index < -0.39 is 29.0 Å². The highest BCUT2D eigenvalue weighted by Crippen LogP contribution is 2.36. The smallest absolute Gasteiger partial charge is 0.279 e. The molecule has 0 saturated carbocycles. The molecule has 0 unspecified atom stereocenters. The Morgan fingerprint density at radius 1 is 1.18 bits per heavy atom. The second-order valence-electron chi connectivity index (χ2n) is 6.05. The van der Waals surface area contributed by atoms with E-state index in [0.717, 1.165) is 4.90 Å². The number of rotatable bonds is 5. The first-order valence-electron chi connectivity index (χ1n) is 8.50. The summed E-state index contributed by atoms with van der Waals surface area (Å²) in [5.41, 5.74) is 5.25. The summed E-state index contributed by atoms with van der Waals surface area (Å²) in [5, 5.41) is 2.16. The molecule has 146 valence electrons. The van der Waals surface area contributed by atoms with Crippen LogP contribution in [0.1, 0.15) is 13.3 Å². The van der Waals surface area contributed by atoms with Crippen molar-refractivity contribution >= 4 is 35.2 Å². The third-order valence-corrected chi connectivity index (χ3v) is 5.17. The Balaban J connectivity index is 1.46. The number of thioether (sulfide) groups is 1. The number of ether oxygens (including phenoxy) is 1. The maximum Gasteiger partial charge on any atom is 0.279 e. The molecule has 2 aromatic rings. The number of hydrazine groups is 1. The van der Waals surface area contributed by atoms with Gasteiger partial charge in [0.15, 0.2) is 6.10 Å². The minimum absolute atomic E-state index is 0.0989. The molecule has 3 amide bonds. The van der Waals surface area contributed by atoms with Gasteiger partial charge in [0.05, 0.1) is 10.9 Å². The Kier molecular flexibility index (Phi) is 6.15. The number of carbonyl (C=O) groups is 3. The van der Waals surface area contributed by atoms with Gasteiger partial charge in [-0.05, 0) is 43.3 Å². The summed E-state index contributed by atoms with van der Waals surface area (Å²) in [6, 6.07) is 12.5. The molecular formula is C19H18FN3O4S. The van der Waals surface area contributed by atoms with Crippen molar-refractivity contribution in [3.8, 4) is 5.75 Å². The first-order valence-corrected chi connectivity index (χ1v) is 9.38. The SMILES string of the molecule is C[C@H](Oc1ccc(F)cc1)C(=O)NNC(=O)C[C@H]1Sc2ccccc2NC1=O. The van der Waals surface area contributed by atoms with E-state index in [9.17, 15) is 18.8 Å². The monoisotopic (exact) mass is 403 g/mol. The van der Waals surface area contributed by atoms with Crippen molar-refractivity contribution in [3.05, 3.63) is 54.3 Å². The number of nitrogens with one attached hydrogen (secondary N) is 3. The Labute approximate surface area is 165 Å². The van der Waals surface area contributed by atoms with E-state index in [-0.39, 0.29) is 12.3 Å². The molecule has 0 radical (unpaired) electrons. The third kappa shape index (κ3) is 5.01. The maximum absolute atomic E-state index is 12.9. The standard InChI is InChI=1S/C19H18FN3O4S/c1-11(27-13-8-6-12(20)7-9-13)18(25)23-22-17(24)10-16-19(26)21-14-4-2-3-5-15(14)28-16/h2-9,11,16H,10H2,1H3,(H,21,26)(H,22,24)(H,23,25)/t11-,16+/m0/s1. The number of benzene rings is 2. The van der Waals surface area contributed by atoms with Gasteiger partial charge >= 0.3 is 0 Å². The van der Waals surface area contributed by atoms with Gasteiger partial charge in [-0.15, -0.1) is 11.8 Å². The average Bonchev–Trinajstić information content (AvgIpc) is 2.68. The van der Waals surface area contributed by atoms with Gasteiger partial charge in [-0.3, -0.25) is 25.2 Å². The zero-order valence-corrected chi connectivity index (χ0v) is 15.7. The van der Waals surface area contributed by atoms with Gasteiger partial charge in [-0.2, -0.15) is 0 Å². The Morgan fingerprint density at radius 2 is 1.89 bits per heavy atom. The highest BCUT2D eigenvalue weighted by molar-refractivity contribution is 8.01. The number of halogens is 1. The number of para-hydroxylation sites is 1. The van der Waals surface area contributed by atoms with Crippen LogP contribution in [-0.2, 0) is 14.4 Å². The Hall–Kier alpha value is -3.07. The number of carbonyl (C=O) groups excluding carboxylic acids is 3. The number of hydrogen-bond acceptors (Lipinski definition) is 5. The molecule has 1 aliphatic heterocycles. The first-order chi connectivity index (χ1) is 13.4. The molecule has 0 aromatic heterocycles. The minimum atomic E-state index is -0.912. The first kappa shape index (κ1) is 19.7. The number of anilines is 1. The molecule has 2 aromatic carbocycles. The van der Waals surface area contributed by atoms with Crippen LogP contribution in [0.25, 0.3) is 0 Å². The van der Waals surface area contributed by atoms with Crippen molar-refractivity contribution in [2.45, 2.75) is 29.6 Å². The van der Waals surface area contributed by atoms with Gasteiger partial charge in [-0.1, -0.05) is 12.1 Å². The quantitative estimate of drug-likeness (QED) is 0.666. The lowest BCUT2D eigenvalue weighted by molar-refractivity contribution is -0.133. The molecule has 3 N–H and O–H groups in total. The third-order valence-electron chi connectivity index (χ3n) is 3.90. The zero-order valence-electron chi connectivity index (χ0n) is 14.9. The molecule has 0 aliphatic carbocycles. The second kappa shape index (κ2) is 8.75. The highest BCUT2D eigenvalue weighted by atomic mass is 32.2. The van der Waals surface area contributed by atoms with E-state index in [2.05, 4.69) is 16.2 Å². The number of amides is 3. The van der Waals surface area contributed by atoms with Gasteiger partial charge in [-0.25, -0.2) is 4.39 Å². The summed E-state index contributed by atoms with van der Waals surface area (Å²) in [7, 11) is 0. The van der Waals surface area contributed by atoms with E-state index in [0.29, 0.717) is 11.4 Å². The van der Waals surface area contributed by atoms with E-state index in [4.69, 9.17) is 4.74 Å². The molecule has 1 aliphatic rings. The summed E-state index contributed by atoms with van der Waals surface area (Å²) in [6.45, 7) is 1.49. The van der Waals surface area contributed by atoms with Crippen LogP contribution in [0, 0.1) is 5.82 Å². The molecule has 28 heavy (non-hydrogen) atoms. The van der Waals surface area contributed by atoms with E-state index in [1.54, 1.807) is 6.07 Å². The zero-order chi connectivity index (χ0) is 20.1. The van der Waals surface area contributed by atoms with Crippen LogP contribution in [0.2, 0.25) is 0 Å². The summed E-state index contributed by atoms with van der Waals surface area (Å²) in [4.78, 5) is 37.1. The molecule has 0 fully saturated rings. The maximum atomic E-state index is 12.9. The summed E-state index contributed by atoms with van der Waals surface area (Å²) in [5.74, 6) is -1.44. The van der Waals surface area contributed by atoms with Crippen molar-refractivity contribution < 1.29 is 23.5 Å². The van der Waals surface area contributed by atoms with Crippen LogP contribution < -0.4 is 20.9 Å². The van der Waals surface area contributed by atoms with Crippen LogP contribution >= 0.6 is 11.8 Å². The molecule has 0 bridgehead atoms. The fourth-order valence-corrected chi connectivity index (χ4v) is 3.56. The fraction of sp³-hybridized carbons (Fsp3) is 0.211. The topological polar surface area (TPSA) is 96.5 Å². The van der Waals surface area contributed by atoms with Crippen molar-refractivity contribution in [3.63, 3.8) is 0 Å². The van der Waals surface area contributed by atoms with Gasteiger partial charge in [0.25, 0.3) is 5.91 Å². The molecule has 7 nitrogen and oxygen atoms in total. The van der Waals surface area contributed by atoms with Crippen LogP contribution in [0.3, 0.4) is 0 Å². The molecule has 2 atom stereocenters. The summed E-state index contributed by atoms with van der Waals surface area (Å²) < 4.78 is 18.3. The normalized spacial score (nSPS) is 16.4. The molecule has 0 spiro atoms. The lowest BCUT2D eigenvalue weighted by atomic mass is 10.2. The Morgan fingerprint density at radius 3 is 2.64 bits per heavy atom. The summed E-state index contributed by atoms with van der Waals surface area (Å²) in [6.07, 6.45) is -1.01. The fourth-order valence-electron chi connectivity index (χ4n) is 2.45. The average molecular weight is 403 g/mol. The predicted octanol–water partition coefficient (Wildman–Crippen LogP) is 2.24. The lowest BCUT2D eigenvalue weighted by Gasteiger charge is -2.23. The molecule has 9 heteroatoms. The number of fused-ring (bicyclic) bond motifs is 1. The largest absolute Gasteiger partial charge is 0.481 e. The van der Waals surface area contributed by atoms with Gasteiger partial charge < -0.3 is 10.1 Å². The van der Waals surface area contributed by atoms with E-state index in [1.807, 2.05) is 18.2 Å². The van der Waals surface area contributed by atoms with Crippen molar-refractivity contribution in [1.82, 2.24) is 10.9 Å². The molecule has 3 rings (SSSR count). The van der Waals surface area contributed by atoms with Crippen LogP contribution in [0.5, 0.6) is 5.75 Å². The van der Waals surface area contributed by atoms with Gasteiger partial charge in [0, 0.05) is 11.3 Å². The Bertz CT molecular complexity index is 891. The van der Waals surface area contributed by atoms with E-state index in [1.165, 1.54) is 43.0 Å². The van der Waals surface area contributed by atoms with Crippen molar-refractivity contribution in [2.24, 2.45) is 0 Å². The van der Waals surface area contributed by atoms with Crippen LogP contribution in [-0.4, -0.2) is 29.1 Å².